The molecular weight excluding hydrogens is 404 g/mol. The van der Waals surface area contributed by atoms with Gasteiger partial charge in [0.25, 0.3) is 17.7 Å². The predicted molar refractivity (Wildman–Crippen MR) is 110 cm³/mol. The number of methoxy groups -OCH3 is 2. The lowest BCUT2D eigenvalue weighted by molar-refractivity contribution is -0.147. The van der Waals surface area contributed by atoms with Crippen molar-refractivity contribution in [1.29, 1.82) is 0 Å². The molecule has 9 heteroatoms. The van der Waals surface area contributed by atoms with Gasteiger partial charge in [-0.05, 0) is 42.3 Å². The van der Waals surface area contributed by atoms with E-state index in [2.05, 4.69) is 5.32 Å². The number of rotatable bonds is 8. The molecule has 0 aliphatic carbocycles. The van der Waals surface area contributed by atoms with Crippen LogP contribution in [0.15, 0.2) is 36.4 Å². The third-order valence-electron chi connectivity index (χ3n) is 4.77. The Balaban J connectivity index is 1.50. The van der Waals surface area contributed by atoms with Crippen molar-refractivity contribution in [3.8, 4) is 11.5 Å². The minimum atomic E-state index is -0.554. The number of nitrogens with zero attached hydrogens (tertiary/aromatic N) is 1. The van der Waals surface area contributed by atoms with Crippen molar-refractivity contribution in [2.45, 2.75) is 12.8 Å². The number of nitrogens with one attached hydrogen (secondary N) is 1. The first-order valence-corrected chi connectivity index (χ1v) is 9.46. The summed E-state index contributed by atoms with van der Waals surface area (Å²) in [5.41, 5.74) is 1.67. The Kier molecular flexibility index (Phi) is 6.54. The quantitative estimate of drug-likeness (QED) is 0.508. The van der Waals surface area contributed by atoms with Gasteiger partial charge >= 0.3 is 5.97 Å². The maximum atomic E-state index is 12.1. The van der Waals surface area contributed by atoms with Crippen molar-refractivity contribution in [1.82, 2.24) is 4.90 Å². The van der Waals surface area contributed by atoms with E-state index < -0.39 is 24.4 Å². The van der Waals surface area contributed by atoms with Gasteiger partial charge in [0.15, 0.2) is 6.61 Å². The number of benzene rings is 2. The number of amides is 3. The van der Waals surface area contributed by atoms with Gasteiger partial charge in [0.2, 0.25) is 0 Å². The van der Waals surface area contributed by atoms with Gasteiger partial charge in [0, 0.05) is 25.2 Å². The van der Waals surface area contributed by atoms with Crippen molar-refractivity contribution >= 4 is 29.4 Å². The number of hydrogen-bond donors (Lipinski definition) is 1. The van der Waals surface area contributed by atoms with Crippen molar-refractivity contribution in [3.63, 3.8) is 0 Å². The molecule has 0 atom stereocenters. The molecule has 1 heterocycles. The lowest BCUT2D eigenvalue weighted by Gasteiger charge is -2.09. The molecule has 9 nitrogen and oxygen atoms in total. The molecule has 0 spiro atoms. The molecule has 0 unspecified atom stereocenters. The van der Waals surface area contributed by atoms with Crippen molar-refractivity contribution in [2.75, 3.05) is 33.2 Å². The topological polar surface area (TPSA) is 111 Å². The number of esters is 1. The number of imide groups is 1. The SMILES string of the molecule is COc1cc(CCC(=O)OCC(=O)Nc2ccc3c(c2)C(=O)N(C)C3=O)cc(OC)c1. The molecule has 2 aromatic carbocycles. The molecule has 1 N–H and O–H groups in total. The number of aryl methyl sites for hydroxylation is 1. The molecule has 2 aromatic rings. The van der Waals surface area contributed by atoms with E-state index in [1.54, 1.807) is 32.4 Å². The van der Waals surface area contributed by atoms with E-state index in [-0.39, 0.29) is 23.5 Å². The largest absolute Gasteiger partial charge is 0.497 e. The van der Waals surface area contributed by atoms with Crippen LogP contribution in [0.5, 0.6) is 11.5 Å². The fraction of sp³-hybridized carbons (Fsp3) is 0.273. The lowest BCUT2D eigenvalue weighted by atomic mass is 10.1. The van der Waals surface area contributed by atoms with E-state index in [0.717, 1.165) is 10.5 Å². The Morgan fingerprint density at radius 1 is 0.935 bits per heavy atom. The molecule has 3 rings (SSSR count). The molecule has 0 radical (unpaired) electrons. The van der Waals surface area contributed by atoms with Crippen molar-refractivity contribution in [2.24, 2.45) is 0 Å². The van der Waals surface area contributed by atoms with Crippen LogP contribution >= 0.6 is 0 Å². The van der Waals surface area contributed by atoms with E-state index in [1.165, 1.54) is 25.2 Å². The molecule has 3 amide bonds. The average molecular weight is 426 g/mol. The summed E-state index contributed by atoms with van der Waals surface area (Å²) in [6.07, 6.45) is 0.466. The molecule has 1 aliphatic rings. The smallest absolute Gasteiger partial charge is 0.306 e. The summed E-state index contributed by atoms with van der Waals surface area (Å²) < 4.78 is 15.4. The Morgan fingerprint density at radius 3 is 2.23 bits per heavy atom. The van der Waals surface area contributed by atoms with Crippen molar-refractivity contribution < 1.29 is 33.4 Å². The number of hydrogen-bond acceptors (Lipinski definition) is 7. The van der Waals surface area contributed by atoms with Crippen LogP contribution in [0.4, 0.5) is 5.69 Å². The monoisotopic (exact) mass is 426 g/mol. The number of fused-ring (bicyclic) bond motifs is 1. The summed E-state index contributed by atoms with van der Waals surface area (Å²) in [5.74, 6) is -0.683. The fourth-order valence-corrected chi connectivity index (χ4v) is 3.11. The standard InChI is InChI=1S/C22H22N2O7/c1-24-21(27)17-6-5-14(10-18(17)22(24)28)23-19(25)12-31-20(26)7-4-13-8-15(29-2)11-16(9-13)30-3/h5-6,8-11H,4,7,12H2,1-3H3,(H,23,25). The first-order chi connectivity index (χ1) is 14.8. The second kappa shape index (κ2) is 9.29. The molecular formula is C22H22N2O7. The Labute approximate surface area is 178 Å². The molecule has 0 saturated heterocycles. The van der Waals surface area contributed by atoms with Gasteiger partial charge in [-0.1, -0.05) is 0 Å². The maximum absolute atomic E-state index is 12.1. The van der Waals surface area contributed by atoms with Gasteiger partial charge in [-0.15, -0.1) is 0 Å². The first kappa shape index (κ1) is 21.8. The molecule has 162 valence electrons. The number of carbonyl (C=O) groups excluding carboxylic acids is 4. The fourth-order valence-electron chi connectivity index (χ4n) is 3.11. The molecule has 1 aliphatic heterocycles. The molecule has 0 bridgehead atoms. The predicted octanol–water partition coefficient (Wildman–Crippen LogP) is 2.04. The highest BCUT2D eigenvalue weighted by molar-refractivity contribution is 6.21. The summed E-state index contributed by atoms with van der Waals surface area (Å²) in [5, 5.41) is 2.55. The zero-order valence-electron chi connectivity index (χ0n) is 17.4. The van der Waals surface area contributed by atoms with Gasteiger partial charge in [0.05, 0.1) is 25.3 Å². The number of carbonyl (C=O) groups is 4. The second-order valence-electron chi connectivity index (χ2n) is 6.86. The van der Waals surface area contributed by atoms with Gasteiger partial charge in [-0.25, -0.2) is 0 Å². The Morgan fingerprint density at radius 2 is 1.58 bits per heavy atom. The molecule has 0 saturated carbocycles. The molecule has 0 aromatic heterocycles. The van der Waals surface area contributed by atoms with Crippen LogP contribution in [0.2, 0.25) is 0 Å². The van der Waals surface area contributed by atoms with E-state index in [4.69, 9.17) is 14.2 Å². The normalized spacial score (nSPS) is 12.4. The van der Waals surface area contributed by atoms with Crippen molar-refractivity contribution in [3.05, 3.63) is 53.1 Å². The maximum Gasteiger partial charge on any atom is 0.306 e. The van der Waals surface area contributed by atoms with Crippen LogP contribution in [0, 0.1) is 0 Å². The average Bonchev–Trinajstić information content (AvgIpc) is 2.99. The zero-order valence-corrected chi connectivity index (χ0v) is 17.4. The Hall–Kier alpha value is -3.88. The van der Waals surface area contributed by atoms with Crippen LogP contribution in [-0.4, -0.2) is 56.5 Å². The minimum absolute atomic E-state index is 0.0748. The molecule has 31 heavy (non-hydrogen) atoms. The third kappa shape index (κ3) is 5.00. The Bertz CT molecular complexity index is 1030. The van der Waals surface area contributed by atoms with Gasteiger partial charge < -0.3 is 19.5 Å². The van der Waals surface area contributed by atoms with Crippen LogP contribution in [0.3, 0.4) is 0 Å². The summed E-state index contributed by atoms with van der Waals surface area (Å²) in [6, 6.07) is 9.73. The van der Waals surface area contributed by atoms with Gasteiger partial charge in [-0.2, -0.15) is 0 Å². The second-order valence-corrected chi connectivity index (χ2v) is 6.86. The van der Waals surface area contributed by atoms with Gasteiger partial charge in [0.1, 0.15) is 11.5 Å². The van der Waals surface area contributed by atoms with Crippen LogP contribution in [0.1, 0.15) is 32.7 Å². The third-order valence-corrected chi connectivity index (χ3v) is 4.77. The number of ether oxygens (including phenoxy) is 3. The highest BCUT2D eigenvalue weighted by Crippen LogP contribution is 2.25. The molecule has 0 fully saturated rings. The van der Waals surface area contributed by atoms with Crippen LogP contribution in [-0.2, 0) is 20.7 Å². The van der Waals surface area contributed by atoms with Crippen LogP contribution < -0.4 is 14.8 Å². The van der Waals surface area contributed by atoms with Crippen LogP contribution in [0.25, 0.3) is 0 Å². The summed E-state index contributed by atoms with van der Waals surface area (Å²) in [4.78, 5) is 49.0. The zero-order chi connectivity index (χ0) is 22.5. The summed E-state index contributed by atoms with van der Waals surface area (Å²) >= 11 is 0. The summed E-state index contributed by atoms with van der Waals surface area (Å²) in [6.45, 7) is -0.468. The lowest BCUT2D eigenvalue weighted by Crippen LogP contribution is -2.24. The summed E-state index contributed by atoms with van der Waals surface area (Å²) in [7, 11) is 4.47. The number of anilines is 1. The van der Waals surface area contributed by atoms with E-state index in [9.17, 15) is 19.2 Å². The minimum Gasteiger partial charge on any atom is -0.497 e. The first-order valence-electron chi connectivity index (χ1n) is 9.46. The van der Waals surface area contributed by atoms with E-state index in [1.807, 2.05) is 0 Å². The highest BCUT2D eigenvalue weighted by atomic mass is 16.5. The van der Waals surface area contributed by atoms with E-state index >= 15 is 0 Å². The highest BCUT2D eigenvalue weighted by Gasteiger charge is 2.32. The van der Waals surface area contributed by atoms with Gasteiger partial charge in [-0.3, -0.25) is 24.1 Å². The van der Waals surface area contributed by atoms with E-state index in [0.29, 0.717) is 23.6 Å².